The normalized spacial score (nSPS) is 10.6. The second kappa shape index (κ2) is 5.93. The molecule has 0 aliphatic carbocycles. The van der Waals surface area contributed by atoms with Crippen LogP contribution in [0.1, 0.15) is 10.6 Å². The van der Waals surface area contributed by atoms with Gasteiger partial charge < -0.3 is 10.1 Å². The van der Waals surface area contributed by atoms with Gasteiger partial charge in [0.25, 0.3) is 0 Å². The Morgan fingerprint density at radius 2 is 2.17 bits per heavy atom. The number of hydrogen-bond acceptors (Lipinski definition) is 5. The van der Waals surface area contributed by atoms with Crippen molar-refractivity contribution in [3.63, 3.8) is 0 Å². The van der Waals surface area contributed by atoms with Crippen LogP contribution >= 0.6 is 11.3 Å². The summed E-state index contributed by atoms with van der Waals surface area (Å²) in [5.41, 5.74) is 2.21. The lowest BCUT2D eigenvalue weighted by Gasteiger charge is -2.06. The zero-order chi connectivity index (χ0) is 13.0. The minimum Gasteiger partial charge on any atom is -0.496 e. The molecule has 0 aliphatic rings. The van der Waals surface area contributed by atoms with Crippen LogP contribution in [-0.4, -0.2) is 30.9 Å². The Balaban J connectivity index is 2.30. The molecule has 0 unspecified atom stereocenters. The molecule has 4 nitrogen and oxygen atoms in total. The van der Waals surface area contributed by atoms with Gasteiger partial charge in [0.1, 0.15) is 10.8 Å². The highest BCUT2D eigenvalue weighted by atomic mass is 32.1. The van der Waals surface area contributed by atoms with Gasteiger partial charge in [-0.15, -0.1) is 10.2 Å². The van der Waals surface area contributed by atoms with Crippen LogP contribution in [0.5, 0.6) is 5.75 Å². The molecule has 0 atom stereocenters. The standard InChI is InChI=1S/C13H17N3OS/c1-9-4-5-11(17-3)10(8-9)13-16-15-12(18-13)6-7-14-2/h4-5,8,14H,6-7H2,1-3H3. The number of ether oxygens (including phenoxy) is 1. The minimum atomic E-state index is 0.844. The van der Waals surface area contributed by atoms with Gasteiger partial charge in [0.05, 0.1) is 12.7 Å². The van der Waals surface area contributed by atoms with E-state index in [4.69, 9.17) is 4.74 Å². The summed E-state index contributed by atoms with van der Waals surface area (Å²) in [4.78, 5) is 0. The number of benzene rings is 1. The molecule has 18 heavy (non-hydrogen) atoms. The van der Waals surface area contributed by atoms with Crippen molar-refractivity contribution in [1.82, 2.24) is 15.5 Å². The summed E-state index contributed by atoms with van der Waals surface area (Å²) in [6, 6.07) is 6.09. The predicted octanol–water partition coefficient (Wildman–Crippen LogP) is 2.28. The predicted molar refractivity (Wildman–Crippen MR) is 74.3 cm³/mol. The highest BCUT2D eigenvalue weighted by Crippen LogP contribution is 2.32. The smallest absolute Gasteiger partial charge is 0.151 e. The molecule has 5 heteroatoms. The molecule has 1 aromatic carbocycles. The Bertz CT molecular complexity index is 525. The number of likely N-dealkylation sites (N-methyl/N-ethyl adjacent to an activating group) is 1. The fraction of sp³-hybridized carbons (Fsp3) is 0.385. The molecule has 2 aromatic rings. The minimum absolute atomic E-state index is 0.844. The molecule has 0 aliphatic heterocycles. The van der Waals surface area contributed by atoms with Gasteiger partial charge in [0.15, 0.2) is 5.01 Å². The van der Waals surface area contributed by atoms with Gasteiger partial charge in [0.2, 0.25) is 0 Å². The Hall–Kier alpha value is -1.46. The number of methoxy groups -OCH3 is 1. The third kappa shape index (κ3) is 2.86. The lowest BCUT2D eigenvalue weighted by molar-refractivity contribution is 0.416. The molecule has 1 N–H and O–H groups in total. The number of rotatable bonds is 5. The van der Waals surface area contributed by atoms with E-state index in [2.05, 4.69) is 28.5 Å². The molecule has 0 spiro atoms. The van der Waals surface area contributed by atoms with Crippen LogP contribution in [0.25, 0.3) is 10.6 Å². The fourth-order valence-corrected chi connectivity index (χ4v) is 2.54. The van der Waals surface area contributed by atoms with E-state index in [0.717, 1.165) is 34.3 Å². The van der Waals surface area contributed by atoms with Crippen molar-refractivity contribution in [3.05, 3.63) is 28.8 Å². The van der Waals surface area contributed by atoms with Crippen molar-refractivity contribution >= 4 is 11.3 Å². The molecule has 1 heterocycles. The Labute approximate surface area is 111 Å². The third-order valence-electron chi connectivity index (χ3n) is 2.64. The number of nitrogens with one attached hydrogen (secondary N) is 1. The maximum absolute atomic E-state index is 5.37. The van der Waals surface area contributed by atoms with E-state index in [9.17, 15) is 0 Å². The van der Waals surface area contributed by atoms with Gasteiger partial charge >= 0.3 is 0 Å². The molecule has 0 bridgehead atoms. The van der Waals surface area contributed by atoms with Crippen LogP contribution < -0.4 is 10.1 Å². The average Bonchev–Trinajstić information content (AvgIpc) is 2.85. The van der Waals surface area contributed by atoms with Gasteiger partial charge in [-0.1, -0.05) is 23.0 Å². The van der Waals surface area contributed by atoms with Gasteiger partial charge in [-0.25, -0.2) is 0 Å². The summed E-state index contributed by atoms with van der Waals surface area (Å²) < 4.78 is 5.37. The van der Waals surface area contributed by atoms with Crippen LogP contribution in [-0.2, 0) is 6.42 Å². The van der Waals surface area contributed by atoms with E-state index in [-0.39, 0.29) is 0 Å². The second-order valence-electron chi connectivity index (χ2n) is 4.06. The molecule has 1 aromatic heterocycles. The Morgan fingerprint density at radius 3 is 2.89 bits per heavy atom. The van der Waals surface area contributed by atoms with E-state index in [1.807, 2.05) is 19.2 Å². The third-order valence-corrected chi connectivity index (χ3v) is 3.66. The van der Waals surface area contributed by atoms with E-state index < -0.39 is 0 Å². The average molecular weight is 263 g/mol. The lowest BCUT2D eigenvalue weighted by Crippen LogP contribution is -2.09. The van der Waals surface area contributed by atoms with E-state index >= 15 is 0 Å². The zero-order valence-corrected chi connectivity index (χ0v) is 11.7. The molecule has 0 saturated carbocycles. The zero-order valence-electron chi connectivity index (χ0n) is 10.9. The van der Waals surface area contributed by atoms with E-state index in [0.29, 0.717) is 0 Å². The fourth-order valence-electron chi connectivity index (χ4n) is 1.68. The van der Waals surface area contributed by atoms with Crippen molar-refractivity contribution in [2.24, 2.45) is 0 Å². The highest BCUT2D eigenvalue weighted by molar-refractivity contribution is 7.14. The maximum atomic E-state index is 5.37. The number of aryl methyl sites for hydroxylation is 1. The Kier molecular flexibility index (Phi) is 4.28. The van der Waals surface area contributed by atoms with Gasteiger partial charge in [-0.05, 0) is 26.1 Å². The van der Waals surface area contributed by atoms with Gasteiger partial charge in [-0.2, -0.15) is 0 Å². The molecule has 2 rings (SSSR count). The highest BCUT2D eigenvalue weighted by Gasteiger charge is 2.11. The molecule has 0 radical (unpaired) electrons. The van der Waals surface area contributed by atoms with Crippen LogP contribution in [0.2, 0.25) is 0 Å². The first-order chi connectivity index (χ1) is 8.74. The number of nitrogens with zero attached hydrogens (tertiary/aromatic N) is 2. The second-order valence-corrected chi connectivity index (χ2v) is 5.12. The number of hydrogen-bond donors (Lipinski definition) is 1. The van der Waals surface area contributed by atoms with Crippen molar-refractivity contribution in [3.8, 4) is 16.3 Å². The summed E-state index contributed by atoms with van der Waals surface area (Å²) in [5.74, 6) is 0.844. The number of aromatic nitrogens is 2. The van der Waals surface area contributed by atoms with Gasteiger partial charge in [0, 0.05) is 13.0 Å². The molecular formula is C13H17N3OS. The summed E-state index contributed by atoms with van der Waals surface area (Å²) in [7, 11) is 3.61. The first-order valence-corrected chi connectivity index (χ1v) is 6.68. The van der Waals surface area contributed by atoms with Crippen molar-refractivity contribution < 1.29 is 4.74 Å². The van der Waals surface area contributed by atoms with Crippen molar-refractivity contribution in [2.75, 3.05) is 20.7 Å². The van der Waals surface area contributed by atoms with Gasteiger partial charge in [-0.3, -0.25) is 0 Å². The first-order valence-electron chi connectivity index (χ1n) is 5.86. The van der Waals surface area contributed by atoms with Crippen LogP contribution in [0.3, 0.4) is 0 Å². The first kappa shape index (κ1) is 13.0. The monoisotopic (exact) mass is 263 g/mol. The van der Waals surface area contributed by atoms with E-state index in [1.54, 1.807) is 18.4 Å². The summed E-state index contributed by atoms with van der Waals surface area (Å²) in [5, 5.41) is 13.5. The lowest BCUT2D eigenvalue weighted by atomic mass is 10.1. The quantitative estimate of drug-likeness (QED) is 0.899. The van der Waals surface area contributed by atoms with Crippen LogP contribution in [0, 0.1) is 6.92 Å². The van der Waals surface area contributed by atoms with Crippen LogP contribution in [0.15, 0.2) is 18.2 Å². The maximum Gasteiger partial charge on any atom is 0.151 e. The van der Waals surface area contributed by atoms with Crippen molar-refractivity contribution in [2.45, 2.75) is 13.3 Å². The summed E-state index contributed by atoms with van der Waals surface area (Å²) in [6.07, 6.45) is 0.905. The SMILES string of the molecule is CNCCc1nnc(-c2cc(C)ccc2OC)s1. The molecular weight excluding hydrogens is 246 g/mol. The van der Waals surface area contributed by atoms with E-state index in [1.165, 1.54) is 5.56 Å². The molecule has 0 fully saturated rings. The Morgan fingerprint density at radius 1 is 1.33 bits per heavy atom. The molecule has 0 amide bonds. The van der Waals surface area contributed by atoms with Crippen molar-refractivity contribution in [1.29, 1.82) is 0 Å². The summed E-state index contributed by atoms with van der Waals surface area (Å²) >= 11 is 1.62. The molecule has 96 valence electrons. The summed E-state index contributed by atoms with van der Waals surface area (Å²) in [6.45, 7) is 2.98. The molecule has 0 saturated heterocycles. The largest absolute Gasteiger partial charge is 0.496 e. The van der Waals surface area contributed by atoms with Crippen LogP contribution in [0.4, 0.5) is 0 Å². The topological polar surface area (TPSA) is 47.0 Å².